The van der Waals surface area contributed by atoms with Crippen LogP contribution in [0.4, 0.5) is 5.82 Å². The summed E-state index contributed by atoms with van der Waals surface area (Å²) in [6, 6.07) is -0.0506. The Morgan fingerprint density at radius 1 is 1.39 bits per heavy atom. The minimum Gasteiger partial charge on any atom is -0.481 e. The van der Waals surface area contributed by atoms with Gasteiger partial charge >= 0.3 is 5.97 Å². The molecule has 0 bridgehead atoms. The molecule has 3 N–H and O–H groups in total. The summed E-state index contributed by atoms with van der Waals surface area (Å²) in [4.78, 5) is 23.1. The molecule has 0 amide bonds. The lowest BCUT2D eigenvalue weighted by molar-refractivity contribution is -0.140. The second kappa shape index (κ2) is 3.80. The van der Waals surface area contributed by atoms with Crippen molar-refractivity contribution in [2.24, 2.45) is 5.92 Å². The van der Waals surface area contributed by atoms with Crippen molar-refractivity contribution < 1.29 is 9.90 Å². The van der Waals surface area contributed by atoms with Crippen LogP contribution in [0, 0.1) is 5.92 Å². The number of carbonyl (C=O) groups is 1. The van der Waals surface area contributed by atoms with Crippen LogP contribution in [0.3, 0.4) is 0 Å². The van der Waals surface area contributed by atoms with Crippen LogP contribution in [0.25, 0.3) is 11.2 Å². The van der Waals surface area contributed by atoms with Crippen molar-refractivity contribution in [3.8, 4) is 0 Å². The molecule has 2 aromatic rings. The van der Waals surface area contributed by atoms with Gasteiger partial charge in [-0.3, -0.25) is 4.79 Å². The SMILES string of the molecule is Nc1ncnc2c1ncn2[C@H]1C=C[C@H](C(=O)O)C1. The van der Waals surface area contributed by atoms with E-state index in [1.165, 1.54) is 6.33 Å². The molecule has 0 unspecified atom stereocenters. The van der Waals surface area contributed by atoms with Gasteiger partial charge in [0.1, 0.15) is 11.8 Å². The Balaban J connectivity index is 2.00. The number of imidazole rings is 1. The molecule has 7 heteroatoms. The van der Waals surface area contributed by atoms with Crippen molar-refractivity contribution in [1.82, 2.24) is 19.5 Å². The average Bonchev–Trinajstić information content (AvgIpc) is 2.94. The second-order valence-corrected chi connectivity index (χ2v) is 4.22. The third kappa shape index (κ3) is 1.52. The summed E-state index contributed by atoms with van der Waals surface area (Å²) < 4.78 is 1.83. The molecule has 0 saturated carbocycles. The van der Waals surface area contributed by atoms with Crippen LogP contribution in [0.2, 0.25) is 0 Å². The molecule has 18 heavy (non-hydrogen) atoms. The van der Waals surface area contributed by atoms with E-state index in [1.807, 2.05) is 10.6 Å². The van der Waals surface area contributed by atoms with Gasteiger partial charge in [0.25, 0.3) is 0 Å². The fourth-order valence-electron chi connectivity index (χ4n) is 2.18. The Bertz CT molecular complexity index is 648. The van der Waals surface area contributed by atoms with Gasteiger partial charge in [-0.15, -0.1) is 0 Å². The van der Waals surface area contributed by atoms with Crippen LogP contribution < -0.4 is 5.73 Å². The van der Waals surface area contributed by atoms with Gasteiger partial charge in [0, 0.05) is 0 Å². The molecule has 0 fully saturated rings. The van der Waals surface area contributed by atoms with Gasteiger partial charge in [-0.2, -0.15) is 0 Å². The third-order valence-corrected chi connectivity index (χ3v) is 3.12. The Kier molecular flexibility index (Phi) is 2.26. The maximum absolute atomic E-state index is 10.9. The molecular formula is C11H11N5O2. The molecule has 92 valence electrons. The lowest BCUT2D eigenvalue weighted by Crippen LogP contribution is -2.12. The molecular weight excluding hydrogens is 234 g/mol. The van der Waals surface area contributed by atoms with Gasteiger partial charge in [0.15, 0.2) is 11.5 Å². The van der Waals surface area contributed by atoms with E-state index >= 15 is 0 Å². The quantitative estimate of drug-likeness (QED) is 0.750. The van der Waals surface area contributed by atoms with Crippen molar-refractivity contribution in [2.75, 3.05) is 5.73 Å². The van der Waals surface area contributed by atoms with Crippen molar-refractivity contribution >= 4 is 23.0 Å². The predicted molar refractivity (Wildman–Crippen MR) is 63.7 cm³/mol. The third-order valence-electron chi connectivity index (χ3n) is 3.12. The molecule has 1 aliphatic rings. The van der Waals surface area contributed by atoms with Gasteiger partial charge in [-0.25, -0.2) is 15.0 Å². The Hall–Kier alpha value is -2.44. The molecule has 0 saturated heterocycles. The van der Waals surface area contributed by atoms with Crippen molar-refractivity contribution in [3.63, 3.8) is 0 Å². The van der Waals surface area contributed by atoms with E-state index < -0.39 is 11.9 Å². The van der Waals surface area contributed by atoms with E-state index in [-0.39, 0.29) is 6.04 Å². The molecule has 0 aromatic carbocycles. The number of nitrogens with two attached hydrogens (primary N) is 1. The highest BCUT2D eigenvalue weighted by Gasteiger charge is 2.26. The van der Waals surface area contributed by atoms with Gasteiger partial charge in [-0.05, 0) is 6.42 Å². The highest BCUT2D eigenvalue weighted by atomic mass is 16.4. The first-order valence-electron chi connectivity index (χ1n) is 5.51. The minimum absolute atomic E-state index is 0.0506. The summed E-state index contributed by atoms with van der Waals surface area (Å²) in [5.74, 6) is -0.936. The van der Waals surface area contributed by atoms with Crippen LogP contribution in [0.1, 0.15) is 12.5 Å². The van der Waals surface area contributed by atoms with Crippen LogP contribution in [-0.4, -0.2) is 30.6 Å². The highest BCUT2D eigenvalue weighted by Crippen LogP contribution is 2.30. The number of carboxylic acid groups (broad SMARTS) is 1. The fraction of sp³-hybridized carbons (Fsp3) is 0.273. The first-order chi connectivity index (χ1) is 8.66. The number of nitrogen functional groups attached to an aromatic ring is 1. The summed E-state index contributed by atoms with van der Waals surface area (Å²) >= 11 is 0. The zero-order chi connectivity index (χ0) is 12.7. The monoisotopic (exact) mass is 245 g/mol. The Morgan fingerprint density at radius 2 is 2.22 bits per heavy atom. The van der Waals surface area contributed by atoms with E-state index in [0.29, 0.717) is 23.4 Å². The number of fused-ring (bicyclic) bond motifs is 1. The smallest absolute Gasteiger partial charge is 0.310 e. The molecule has 3 rings (SSSR count). The largest absolute Gasteiger partial charge is 0.481 e. The zero-order valence-corrected chi connectivity index (χ0v) is 9.39. The van der Waals surface area contributed by atoms with E-state index in [9.17, 15) is 4.79 Å². The number of aliphatic carboxylic acids is 1. The van der Waals surface area contributed by atoms with Crippen molar-refractivity contribution in [2.45, 2.75) is 12.5 Å². The zero-order valence-electron chi connectivity index (χ0n) is 9.39. The fourth-order valence-corrected chi connectivity index (χ4v) is 2.18. The van der Waals surface area contributed by atoms with Crippen LogP contribution in [0.15, 0.2) is 24.8 Å². The van der Waals surface area contributed by atoms with E-state index in [1.54, 1.807) is 12.4 Å². The molecule has 0 aliphatic heterocycles. The summed E-state index contributed by atoms with van der Waals surface area (Å²) in [5.41, 5.74) is 6.88. The normalized spacial score (nSPS) is 22.7. The number of anilines is 1. The van der Waals surface area contributed by atoms with Gasteiger partial charge in [0.2, 0.25) is 0 Å². The number of hydrogen-bond acceptors (Lipinski definition) is 5. The number of carboxylic acids is 1. The average molecular weight is 245 g/mol. The van der Waals surface area contributed by atoms with Crippen molar-refractivity contribution in [1.29, 1.82) is 0 Å². The van der Waals surface area contributed by atoms with E-state index in [2.05, 4.69) is 15.0 Å². The summed E-state index contributed by atoms with van der Waals surface area (Å²) in [7, 11) is 0. The Labute approximate surface area is 102 Å². The predicted octanol–water partition coefficient (Wildman–Crippen LogP) is 0.610. The van der Waals surface area contributed by atoms with Crippen molar-refractivity contribution in [3.05, 3.63) is 24.8 Å². The summed E-state index contributed by atoms with van der Waals surface area (Å²) in [6.07, 6.45) is 7.06. The lowest BCUT2D eigenvalue weighted by Gasteiger charge is -2.11. The van der Waals surface area contributed by atoms with Gasteiger partial charge in [0.05, 0.1) is 18.3 Å². The maximum Gasteiger partial charge on any atom is 0.310 e. The molecule has 2 aromatic heterocycles. The molecule has 1 aliphatic carbocycles. The highest BCUT2D eigenvalue weighted by molar-refractivity contribution is 5.81. The van der Waals surface area contributed by atoms with Gasteiger partial charge < -0.3 is 15.4 Å². The molecule has 0 spiro atoms. The molecule has 7 nitrogen and oxygen atoms in total. The summed E-state index contributed by atoms with van der Waals surface area (Å²) in [5, 5.41) is 8.96. The number of aromatic nitrogens is 4. The standard InChI is InChI=1S/C11H11N5O2/c12-9-8-10(14-4-13-9)16(5-15-8)7-2-1-6(3-7)11(17)18/h1-2,4-7H,3H2,(H,17,18)(H2,12,13,14)/t6-,7-/m0/s1. The van der Waals surface area contributed by atoms with Crippen LogP contribution in [-0.2, 0) is 4.79 Å². The number of rotatable bonds is 2. The molecule has 0 radical (unpaired) electrons. The van der Waals surface area contributed by atoms with Crippen LogP contribution >= 0.6 is 0 Å². The Morgan fingerprint density at radius 3 is 2.94 bits per heavy atom. The number of nitrogens with zero attached hydrogens (tertiary/aromatic N) is 4. The van der Waals surface area contributed by atoms with Crippen LogP contribution in [0.5, 0.6) is 0 Å². The first kappa shape index (κ1) is 10.7. The number of hydrogen-bond donors (Lipinski definition) is 2. The second-order valence-electron chi connectivity index (χ2n) is 4.22. The van der Waals surface area contributed by atoms with E-state index in [0.717, 1.165) is 0 Å². The topological polar surface area (TPSA) is 107 Å². The number of allylic oxidation sites excluding steroid dienone is 1. The van der Waals surface area contributed by atoms with E-state index in [4.69, 9.17) is 10.8 Å². The minimum atomic E-state index is -0.813. The molecule has 2 heterocycles. The summed E-state index contributed by atoms with van der Waals surface area (Å²) in [6.45, 7) is 0. The molecule has 2 atom stereocenters. The first-order valence-corrected chi connectivity index (χ1v) is 5.51. The van der Waals surface area contributed by atoms with Gasteiger partial charge in [-0.1, -0.05) is 12.2 Å². The maximum atomic E-state index is 10.9. The lowest BCUT2D eigenvalue weighted by atomic mass is 10.1.